The molecule has 8 heteroatoms. The number of unbranched alkanes of at least 4 members (excludes halogenated alkanes) is 7. The van der Waals surface area contributed by atoms with E-state index >= 15 is 0 Å². The molecule has 0 aliphatic carbocycles. The number of quaternary nitrogens is 1. The molecule has 8 nitrogen and oxygen atoms in total. The number of carboxylic acids is 1. The number of hydrogen-bond acceptors (Lipinski definition) is 7. The van der Waals surface area contributed by atoms with Crippen LogP contribution in [0, 0.1) is 0 Å². The minimum Gasteiger partial charge on any atom is -0.544 e. The second kappa shape index (κ2) is 27.8. The van der Waals surface area contributed by atoms with E-state index in [2.05, 4.69) is 44.2 Å². The Balaban J connectivity index is 4.61. The average Bonchev–Trinajstić information content (AvgIpc) is 2.96. The molecule has 44 heavy (non-hydrogen) atoms. The summed E-state index contributed by atoms with van der Waals surface area (Å²) >= 11 is 0. The molecule has 252 valence electrons. The first kappa shape index (κ1) is 41.3. The van der Waals surface area contributed by atoms with Gasteiger partial charge in [-0.2, -0.15) is 0 Å². The summed E-state index contributed by atoms with van der Waals surface area (Å²) in [6, 6.07) is -0.738. The second-order valence-electron chi connectivity index (χ2n) is 12.0. The molecule has 0 spiro atoms. The summed E-state index contributed by atoms with van der Waals surface area (Å²) in [7, 11) is 5.35. The molecule has 0 rings (SSSR count). The highest BCUT2D eigenvalue weighted by molar-refractivity contribution is 5.71. The highest BCUT2D eigenvalue weighted by Crippen LogP contribution is 2.11. The third-order valence-electron chi connectivity index (χ3n) is 6.98. The quantitative estimate of drug-likeness (QED) is 0.0432. The van der Waals surface area contributed by atoms with Gasteiger partial charge in [0.2, 0.25) is 0 Å². The largest absolute Gasteiger partial charge is 0.544 e. The molecule has 0 amide bonds. The molecule has 0 bridgehead atoms. The number of ether oxygens (including phenoxy) is 3. The standard InChI is InChI=1S/C36H61NO7/c1-6-8-10-12-14-16-17-19-20-22-24-26-34(38)43-31-32(30-42-29-28-33(36(40)41)37(3,4)5)44-35(39)27-25-23-21-18-15-13-11-9-7-2/h9,11-12,14-15,18,23,25,32-33H,6-8,10,13,16-17,19-22,24,26-31H2,1-5H3/b11-9+,14-12+,18-15+,25-23+. The van der Waals surface area contributed by atoms with Crippen LogP contribution in [0.3, 0.4) is 0 Å². The average molecular weight is 620 g/mol. The Kier molecular flexibility index (Phi) is 26.1. The van der Waals surface area contributed by atoms with Gasteiger partial charge in [0.15, 0.2) is 6.10 Å². The number of rotatable bonds is 28. The van der Waals surface area contributed by atoms with Crippen LogP contribution in [0.2, 0.25) is 0 Å². The predicted molar refractivity (Wildman–Crippen MR) is 176 cm³/mol. The Morgan fingerprint density at radius 2 is 1.34 bits per heavy atom. The molecule has 0 saturated carbocycles. The summed E-state index contributed by atoms with van der Waals surface area (Å²) < 4.78 is 16.8. The van der Waals surface area contributed by atoms with Crippen molar-refractivity contribution in [1.82, 2.24) is 0 Å². The number of carbonyl (C=O) groups excluding carboxylic acids is 3. The van der Waals surface area contributed by atoms with E-state index in [4.69, 9.17) is 14.2 Å². The lowest BCUT2D eigenvalue weighted by Crippen LogP contribution is -2.55. The van der Waals surface area contributed by atoms with Gasteiger partial charge >= 0.3 is 11.9 Å². The molecule has 0 aromatic heterocycles. The molecule has 0 aromatic rings. The summed E-state index contributed by atoms with van der Waals surface area (Å²) in [6.07, 6.45) is 29.0. The lowest BCUT2D eigenvalue weighted by Gasteiger charge is -2.34. The molecular formula is C36H61NO7. The molecule has 2 atom stereocenters. The SMILES string of the molecule is CC/C=C/C/C=C/C/C=C/CC(=O)OC(COCCC(C(=O)[O-])[N+](C)(C)C)COC(=O)CCCCCCC/C=C/CCCC. The minimum atomic E-state index is -1.14. The van der Waals surface area contributed by atoms with Crippen molar-refractivity contribution in [2.75, 3.05) is 41.0 Å². The van der Waals surface area contributed by atoms with Crippen LogP contribution in [0.4, 0.5) is 0 Å². The number of nitrogens with zero attached hydrogens (tertiary/aromatic N) is 1. The maximum absolute atomic E-state index is 12.5. The van der Waals surface area contributed by atoms with Gasteiger partial charge in [-0.3, -0.25) is 9.59 Å². The number of aliphatic carboxylic acids is 1. The Morgan fingerprint density at radius 1 is 0.727 bits per heavy atom. The normalized spacial score (nSPS) is 13.8. The molecule has 0 aliphatic rings. The fraction of sp³-hybridized carbons (Fsp3) is 0.694. The summed E-state index contributed by atoms with van der Waals surface area (Å²) in [5.41, 5.74) is 0. The van der Waals surface area contributed by atoms with Crippen LogP contribution in [0.5, 0.6) is 0 Å². The minimum absolute atomic E-state index is 0.000547. The van der Waals surface area contributed by atoms with Crippen LogP contribution in [-0.2, 0) is 28.6 Å². The molecule has 0 N–H and O–H groups in total. The van der Waals surface area contributed by atoms with Crippen LogP contribution in [0.25, 0.3) is 0 Å². The zero-order valence-corrected chi connectivity index (χ0v) is 28.3. The lowest BCUT2D eigenvalue weighted by atomic mass is 10.1. The Morgan fingerprint density at radius 3 is 1.98 bits per heavy atom. The highest BCUT2D eigenvalue weighted by Gasteiger charge is 2.25. The lowest BCUT2D eigenvalue weighted by molar-refractivity contribution is -0.889. The fourth-order valence-corrected chi connectivity index (χ4v) is 4.35. The predicted octanol–water partition coefficient (Wildman–Crippen LogP) is 6.40. The topological polar surface area (TPSA) is 102 Å². The number of allylic oxidation sites excluding steroid dienone is 7. The van der Waals surface area contributed by atoms with Crippen LogP contribution >= 0.6 is 0 Å². The fourth-order valence-electron chi connectivity index (χ4n) is 4.35. The number of carbonyl (C=O) groups is 3. The van der Waals surface area contributed by atoms with Crippen molar-refractivity contribution in [1.29, 1.82) is 0 Å². The highest BCUT2D eigenvalue weighted by atomic mass is 16.6. The maximum Gasteiger partial charge on any atom is 0.310 e. The van der Waals surface area contributed by atoms with Gasteiger partial charge in [0.25, 0.3) is 0 Å². The van der Waals surface area contributed by atoms with E-state index in [1.807, 2.05) is 12.2 Å². The van der Waals surface area contributed by atoms with Crippen molar-refractivity contribution in [3.63, 3.8) is 0 Å². The molecular weight excluding hydrogens is 558 g/mol. The van der Waals surface area contributed by atoms with Gasteiger partial charge in [-0.25, -0.2) is 0 Å². The summed E-state index contributed by atoms with van der Waals surface area (Å²) in [5.74, 6) is -1.91. The van der Waals surface area contributed by atoms with Gasteiger partial charge in [-0.1, -0.05) is 94.6 Å². The van der Waals surface area contributed by atoms with Crippen LogP contribution in [-0.4, -0.2) is 75.5 Å². The van der Waals surface area contributed by atoms with Crippen LogP contribution in [0.1, 0.15) is 110 Å². The third kappa shape index (κ3) is 25.8. The van der Waals surface area contributed by atoms with Crippen molar-refractivity contribution >= 4 is 17.9 Å². The van der Waals surface area contributed by atoms with E-state index < -0.39 is 24.1 Å². The smallest absolute Gasteiger partial charge is 0.310 e. The summed E-state index contributed by atoms with van der Waals surface area (Å²) in [5, 5.41) is 11.5. The van der Waals surface area contributed by atoms with Gasteiger partial charge in [0.05, 0.1) is 46.7 Å². The molecule has 0 aromatic carbocycles. The van der Waals surface area contributed by atoms with Crippen molar-refractivity contribution < 1.29 is 38.2 Å². The number of carboxylic acid groups (broad SMARTS) is 1. The zero-order chi connectivity index (χ0) is 32.9. The van der Waals surface area contributed by atoms with Gasteiger partial charge < -0.3 is 28.6 Å². The molecule has 0 saturated heterocycles. The van der Waals surface area contributed by atoms with Crippen molar-refractivity contribution in [3.8, 4) is 0 Å². The summed E-state index contributed by atoms with van der Waals surface area (Å²) in [6.45, 7) is 4.34. The molecule has 0 fully saturated rings. The monoisotopic (exact) mass is 619 g/mol. The maximum atomic E-state index is 12.5. The van der Waals surface area contributed by atoms with E-state index in [9.17, 15) is 19.5 Å². The van der Waals surface area contributed by atoms with Crippen molar-refractivity contribution in [2.45, 2.75) is 122 Å². The molecule has 0 radical (unpaired) electrons. The Hall–Kier alpha value is -2.71. The van der Waals surface area contributed by atoms with Gasteiger partial charge in [-0.15, -0.1) is 0 Å². The number of hydrogen-bond donors (Lipinski definition) is 0. The number of esters is 2. The first-order chi connectivity index (χ1) is 21.1. The van der Waals surface area contributed by atoms with Crippen molar-refractivity contribution in [2.24, 2.45) is 0 Å². The Bertz CT molecular complexity index is 870. The first-order valence-electron chi connectivity index (χ1n) is 16.7. The first-order valence-corrected chi connectivity index (χ1v) is 16.7. The third-order valence-corrected chi connectivity index (χ3v) is 6.98. The van der Waals surface area contributed by atoms with Gasteiger partial charge in [-0.05, 0) is 44.9 Å². The summed E-state index contributed by atoms with van der Waals surface area (Å²) in [4.78, 5) is 36.3. The van der Waals surface area contributed by atoms with Crippen LogP contribution in [0.15, 0.2) is 48.6 Å². The van der Waals surface area contributed by atoms with E-state index in [0.717, 1.165) is 57.8 Å². The van der Waals surface area contributed by atoms with E-state index in [1.54, 1.807) is 27.2 Å². The Labute approximate surface area is 267 Å². The van der Waals surface area contributed by atoms with E-state index in [0.29, 0.717) is 6.42 Å². The van der Waals surface area contributed by atoms with Crippen LogP contribution < -0.4 is 5.11 Å². The second-order valence-corrected chi connectivity index (χ2v) is 12.0. The molecule has 0 aliphatic heterocycles. The molecule has 0 heterocycles. The van der Waals surface area contributed by atoms with E-state index in [1.165, 1.54) is 19.3 Å². The zero-order valence-electron chi connectivity index (χ0n) is 28.3. The van der Waals surface area contributed by atoms with Gasteiger partial charge in [0.1, 0.15) is 12.6 Å². The van der Waals surface area contributed by atoms with E-state index in [-0.39, 0.29) is 43.1 Å². The van der Waals surface area contributed by atoms with Crippen molar-refractivity contribution in [3.05, 3.63) is 48.6 Å². The molecule has 2 unspecified atom stereocenters. The van der Waals surface area contributed by atoms with Gasteiger partial charge in [0, 0.05) is 12.8 Å². The number of likely N-dealkylation sites (N-methyl/N-ethyl adjacent to an activating group) is 1.